The van der Waals surface area contributed by atoms with Gasteiger partial charge in [-0.3, -0.25) is 9.48 Å². The first-order valence-electron chi connectivity index (χ1n) is 9.60. The standard InChI is InChI=1S/C23H24FN3O/c1-15-21(16(2)26(3)25-15)14-27(19-11-12-19)23(28)18-8-6-7-17(13-18)20-9-4-5-10-22(20)24/h4-10,13,19H,11-12,14H2,1-3H3. The molecule has 0 bridgehead atoms. The van der Waals surface area contributed by atoms with Crippen molar-refractivity contribution in [2.45, 2.75) is 39.3 Å². The molecule has 5 heteroatoms. The average molecular weight is 377 g/mol. The van der Waals surface area contributed by atoms with Gasteiger partial charge >= 0.3 is 0 Å². The fourth-order valence-electron chi connectivity index (χ4n) is 3.65. The van der Waals surface area contributed by atoms with E-state index in [0.717, 1.165) is 29.8 Å². The van der Waals surface area contributed by atoms with Gasteiger partial charge in [0.05, 0.1) is 5.69 Å². The number of nitrogens with zero attached hydrogens (tertiary/aromatic N) is 3. The van der Waals surface area contributed by atoms with Crippen LogP contribution in [-0.2, 0) is 13.6 Å². The molecule has 1 aromatic heterocycles. The van der Waals surface area contributed by atoms with Gasteiger partial charge in [0.1, 0.15) is 5.82 Å². The zero-order valence-corrected chi connectivity index (χ0v) is 16.4. The molecule has 2 aromatic carbocycles. The Morgan fingerprint density at radius 1 is 1.18 bits per heavy atom. The minimum atomic E-state index is -0.284. The molecule has 144 valence electrons. The van der Waals surface area contributed by atoms with E-state index in [9.17, 15) is 9.18 Å². The van der Waals surface area contributed by atoms with E-state index < -0.39 is 0 Å². The van der Waals surface area contributed by atoms with Crippen molar-refractivity contribution >= 4 is 5.91 Å². The molecule has 4 rings (SSSR count). The smallest absolute Gasteiger partial charge is 0.254 e. The van der Waals surface area contributed by atoms with Crippen molar-refractivity contribution in [1.82, 2.24) is 14.7 Å². The number of hydrogen-bond acceptors (Lipinski definition) is 2. The average Bonchev–Trinajstić information content (AvgIpc) is 3.49. The molecule has 4 nitrogen and oxygen atoms in total. The van der Waals surface area contributed by atoms with Crippen LogP contribution in [0, 0.1) is 19.7 Å². The molecule has 1 fully saturated rings. The third-order valence-electron chi connectivity index (χ3n) is 5.53. The van der Waals surface area contributed by atoms with E-state index in [4.69, 9.17) is 0 Å². The molecule has 1 amide bonds. The van der Waals surface area contributed by atoms with E-state index in [2.05, 4.69) is 5.10 Å². The number of benzene rings is 2. The van der Waals surface area contributed by atoms with Gasteiger partial charge in [-0.1, -0.05) is 30.3 Å². The molecule has 0 spiro atoms. The summed E-state index contributed by atoms with van der Waals surface area (Å²) in [6.07, 6.45) is 2.05. The minimum absolute atomic E-state index is 0.0108. The quantitative estimate of drug-likeness (QED) is 0.649. The van der Waals surface area contributed by atoms with E-state index >= 15 is 0 Å². The van der Waals surface area contributed by atoms with Crippen molar-refractivity contribution in [3.05, 3.63) is 76.9 Å². The summed E-state index contributed by atoms with van der Waals surface area (Å²) in [5.41, 5.74) is 4.96. The molecule has 0 unspecified atom stereocenters. The third kappa shape index (κ3) is 3.44. The molecule has 0 atom stereocenters. The number of aryl methyl sites for hydroxylation is 2. The lowest BCUT2D eigenvalue weighted by atomic mass is 10.0. The Bertz CT molecular complexity index is 1040. The lowest BCUT2D eigenvalue weighted by Crippen LogP contribution is -2.33. The highest BCUT2D eigenvalue weighted by atomic mass is 19.1. The second kappa shape index (κ2) is 7.23. The Balaban J connectivity index is 1.65. The highest BCUT2D eigenvalue weighted by Crippen LogP contribution is 2.32. The highest BCUT2D eigenvalue weighted by Gasteiger charge is 2.34. The van der Waals surface area contributed by atoms with Crippen molar-refractivity contribution in [2.24, 2.45) is 7.05 Å². The van der Waals surface area contributed by atoms with E-state index in [1.165, 1.54) is 6.07 Å². The van der Waals surface area contributed by atoms with Crippen LogP contribution in [0.4, 0.5) is 4.39 Å². The molecule has 3 aromatic rings. The van der Waals surface area contributed by atoms with Crippen LogP contribution in [-0.4, -0.2) is 26.6 Å². The fraction of sp³-hybridized carbons (Fsp3) is 0.304. The van der Waals surface area contributed by atoms with Crippen LogP contribution in [0.5, 0.6) is 0 Å². The highest BCUT2D eigenvalue weighted by molar-refractivity contribution is 5.96. The van der Waals surface area contributed by atoms with Crippen LogP contribution in [0.1, 0.15) is 40.2 Å². The number of hydrogen-bond donors (Lipinski definition) is 0. The lowest BCUT2D eigenvalue weighted by molar-refractivity contribution is 0.0729. The summed E-state index contributed by atoms with van der Waals surface area (Å²) in [6.45, 7) is 4.57. The Morgan fingerprint density at radius 2 is 1.93 bits per heavy atom. The maximum atomic E-state index is 14.2. The Labute approximate surface area is 164 Å². The Hall–Kier alpha value is -2.95. The molecule has 0 saturated heterocycles. The summed E-state index contributed by atoms with van der Waals surface area (Å²) in [4.78, 5) is 15.3. The van der Waals surface area contributed by atoms with Crippen molar-refractivity contribution in [3.63, 3.8) is 0 Å². The van der Waals surface area contributed by atoms with Crippen molar-refractivity contribution in [1.29, 1.82) is 0 Å². The molecule has 0 N–H and O–H groups in total. The maximum Gasteiger partial charge on any atom is 0.254 e. The van der Waals surface area contributed by atoms with Crippen molar-refractivity contribution in [2.75, 3.05) is 0 Å². The van der Waals surface area contributed by atoms with E-state index in [0.29, 0.717) is 23.2 Å². The van der Waals surface area contributed by atoms with Crippen LogP contribution < -0.4 is 0 Å². The minimum Gasteiger partial charge on any atom is -0.331 e. The predicted octanol–water partition coefficient (Wildman–Crippen LogP) is 4.65. The molecule has 1 saturated carbocycles. The van der Waals surface area contributed by atoms with Gasteiger partial charge in [0, 0.05) is 42.0 Å². The third-order valence-corrected chi connectivity index (χ3v) is 5.53. The molecule has 1 aliphatic rings. The summed E-state index contributed by atoms with van der Waals surface area (Å²) >= 11 is 0. The summed E-state index contributed by atoms with van der Waals surface area (Å²) in [5.74, 6) is -0.295. The number of halogens is 1. The molecule has 0 radical (unpaired) electrons. The molecular formula is C23H24FN3O. The Morgan fingerprint density at radius 3 is 2.57 bits per heavy atom. The van der Waals surface area contributed by atoms with Gasteiger partial charge in [-0.2, -0.15) is 5.10 Å². The molecule has 1 heterocycles. The number of carbonyl (C=O) groups excluding carboxylic acids is 1. The van der Waals surface area contributed by atoms with Gasteiger partial charge < -0.3 is 4.90 Å². The zero-order valence-electron chi connectivity index (χ0n) is 16.4. The van der Waals surface area contributed by atoms with Gasteiger partial charge in [-0.25, -0.2) is 4.39 Å². The first-order chi connectivity index (χ1) is 13.5. The van der Waals surface area contributed by atoms with E-state index in [1.54, 1.807) is 24.3 Å². The zero-order chi connectivity index (χ0) is 19.8. The number of aromatic nitrogens is 2. The SMILES string of the molecule is Cc1nn(C)c(C)c1CN(C(=O)c1cccc(-c2ccccc2F)c1)C1CC1. The predicted molar refractivity (Wildman–Crippen MR) is 107 cm³/mol. The second-order valence-electron chi connectivity index (χ2n) is 7.50. The monoisotopic (exact) mass is 377 g/mol. The number of carbonyl (C=O) groups is 1. The molecule has 1 aliphatic carbocycles. The maximum absolute atomic E-state index is 14.2. The van der Waals surface area contributed by atoms with Crippen molar-refractivity contribution in [3.8, 4) is 11.1 Å². The summed E-state index contributed by atoms with van der Waals surface area (Å²) in [5, 5.41) is 4.48. The molecule has 28 heavy (non-hydrogen) atoms. The Kier molecular flexibility index (Phi) is 4.75. The van der Waals surface area contributed by atoms with E-state index in [-0.39, 0.29) is 17.8 Å². The fourth-order valence-corrected chi connectivity index (χ4v) is 3.65. The van der Waals surface area contributed by atoms with Crippen LogP contribution in [0.15, 0.2) is 48.5 Å². The molecular weight excluding hydrogens is 353 g/mol. The van der Waals surface area contributed by atoms with Crippen molar-refractivity contribution < 1.29 is 9.18 Å². The summed E-state index contributed by atoms with van der Waals surface area (Å²) in [6, 6.07) is 14.2. The van der Waals surface area contributed by atoms with Crippen LogP contribution in [0.25, 0.3) is 11.1 Å². The van der Waals surface area contributed by atoms with Crippen LogP contribution >= 0.6 is 0 Å². The number of amides is 1. The lowest BCUT2D eigenvalue weighted by Gasteiger charge is -2.23. The topological polar surface area (TPSA) is 38.1 Å². The van der Waals surface area contributed by atoms with Gasteiger partial charge in [0.25, 0.3) is 5.91 Å². The summed E-state index contributed by atoms with van der Waals surface area (Å²) in [7, 11) is 1.92. The second-order valence-corrected chi connectivity index (χ2v) is 7.50. The van der Waals surface area contributed by atoms with Crippen LogP contribution in [0.2, 0.25) is 0 Å². The summed E-state index contributed by atoms with van der Waals surface area (Å²) < 4.78 is 16.0. The normalized spacial score (nSPS) is 13.6. The van der Waals surface area contributed by atoms with E-state index in [1.807, 2.05) is 48.7 Å². The largest absolute Gasteiger partial charge is 0.331 e. The first-order valence-corrected chi connectivity index (χ1v) is 9.60. The first kappa shape index (κ1) is 18.4. The van der Waals surface area contributed by atoms with Gasteiger partial charge in [0.2, 0.25) is 0 Å². The van der Waals surface area contributed by atoms with Gasteiger partial charge in [-0.15, -0.1) is 0 Å². The molecule has 0 aliphatic heterocycles. The van der Waals surface area contributed by atoms with Gasteiger partial charge in [0.15, 0.2) is 0 Å². The van der Waals surface area contributed by atoms with Gasteiger partial charge in [-0.05, 0) is 50.5 Å². The van der Waals surface area contributed by atoms with Crippen LogP contribution in [0.3, 0.4) is 0 Å². The number of rotatable bonds is 5.